The Morgan fingerprint density at radius 3 is 2.53 bits per heavy atom. The number of benzene rings is 2. The van der Waals surface area contributed by atoms with Crippen molar-refractivity contribution in [2.24, 2.45) is 0 Å². The number of hydrogen-bond acceptors (Lipinski definition) is 6. The summed E-state index contributed by atoms with van der Waals surface area (Å²) in [5.41, 5.74) is 1.99. The molecule has 0 aliphatic carbocycles. The predicted molar refractivity (Wildman–Crippen MR) is 120 cm³/mol. The van der Waals surface area contributed by atoms with Gasteiger partial charge in [0.15, 0.2) is 0 Å². The predicted octanol–water partition coefficient (Wildman–Crippen LogP) is 3.26. The fraction of sp³-hybridized carbons (Fsp3) is 0.174. The lowest BCUT2D eigenvalue weighted by molar-refractivity contribution is -0.137. The maximum atomic E-state index is 12.6. The smallest absolute Gasteiger partial charge is 0.348 e. The molecule has 164 valence electrons. The van der Waals surface area contributed by atoms with Crippen molar-refractivity contribution in [3.63, 3.8) is 0 Å². The highest BCUT2D eigenvalue weighted by Crippen LogP contribution is 2.28. The molecule has 1 aromatic heterocycles. The van der Waals surface area contributed by atoms with Crippen LogP contribution in [-0.4, -0.2) is 49.2 Å². The molecule has 0 spiro atoms. The van der Waals surface area contributed by atoms with E-state index in [1.165, 1.54) is 32.3 Å². The highest BCUT2D eigenvalue weighted by atomic mass is 32.2. The second-order valence-electron chi connectivity index (χ2n) is 6.92. The van der Waals surface area contributed by atoms with E-state index < -0.39 is 16.0 Å². The first kappa shape index (κ1) is 22.9. The molecule has 0 N–H and O–H groups in total. The fourth-order valence-electron chi connectivity index (χ4n) is 2.95. The third-order valence-corrected chi connectivity index (χ3v) is 6.38. The van der Waals surface area contributed by atoms with Crippen molar-refractivity contribution in [3.8, 4) is 23.0 Å². The number of carbonyl (C=O) groups excluding carboxylic acids is 1. The Balaban J connectivity index is 2.20. The number of para-hydroxylation sites is 1. The van der Waals surface area contributed by atoms with E-state index in [2.05, 4.69) is 5.10 Å². The average Bonchev–Trinajstić information content (AvgIpc) is 3.22. The van der Waals surface area contributed by atoms with Gasteiger partial charge < -0.3 is 4.74 Å². The topological polar surface area (TPSA) is 105 Å². The van der Waals surface area contributed by atoms with Gasteiger partial charge in [-0.25, -0.2) is 22.2 Å². The lowest BCUT2D eigenvalue weighted by atomic mass is 10.1. The SMILES string of the molecule is CCOC(=O)C(C#N)=Cc1cn(-c2ccccc2)nc1-c1cccc(S(=O)(=O)N(C)C)c1. The molecule has 2 aromatic carbocycles. The van der Waals surface area contributed by atoms with Crippen molar-refractivity contribution < 1.29 is 17.9 Å². The first-order chi connectivity index (χ1) is 15.3. The Hall–Kier alpha value is -3.74. The van der Waals surface area contributed by atoms with Crippen molar-refractivity contribution >= 4 is 22.1 Å². The Labute approximate surface area is 187 Å². The molecular formula is C23H22N4O4S. The number of rotatable bonds is 7. The minimum absolute atomic E-state index is 0.107. The lowest BCUT2D eigenvalue weighted by Gasteiger charge is -2.12. The monoisotopic (exact) mass is 450 g/mol. The summed E-state index contributed by atoms with van der Waals surface area (Å²) in [6.07, 6.45) is 3.07. The standard InChI is InChI=1S/C23H22N4O4S/c1-4-31-23(28)18(15-24)13-19-16-27(20-10-6-5-7-11-20)25-22(19)17-9-8-12-21(14-17)32(29,30)26(2)3/h5-14,16H,4H2,1-3H3. The van der Waals surface area contributed by atoms with Crippen LogP contribution in [0, 0.1) is 11.3 Å². The molecule has 3 rings (SSSR count). The molecule has 1 heterocycles. The van der Waals surface area contributed by atoms with Crippen LogP contribution < -0.4 is 0 Å². The number of hydrogen-bond donors (Lipinski definition) is 0. The molecule has 0 atom stereocenters. The molecule has 8 nitrogen and oxygen atoms in total. The van der Waals surface area contributed by atoms with Crippen LogP contribution >= 0.6 is 0 Å². The van der Waals surface area contributed by atoms with Crippen molar-refractivity contribution in [3.05, 3.63) is 71.9 Å². The zero-order chi connectivity index (χ0) is 23.3. The summed E-state index contributed by atoms with van der Waals surface area (Å²) in [5, 5.41) is 14.1. The van der Waals surface area contributed by atoms with Gasteiger partial charge in [0.05, 0.1) is 17.2 Å². The van der Waals surface area contributed by atoms with E-state index in [1.807, 2.05) is 36.4 Å². The quantitative estimate of drug-likeness (QED) is 0.311. The van der Waals surface area contributed by atoms with E-state index in [-0.39, 0.29) is 17.1 Å². The summed E-state index contributed by atoms with van der Waals surface area (Å²) < 4.78 is 32.9. The fourth-order valence-corrected chi connectivity index (χ4v) is 3.89. The number of esters is 1. The summed E-state index contributed by atoms with van der Waals surface area (Å²) >= 11 is 0. The molecule has 0 unspecified atom stereocenters. The van der Waals surface area contributed by atoms with Gasteiger partial charge in [0.2, 0.25) is 10.0 Å². The highest BCUT2D eigenvalue weighted by molar-refractivity contribution is 7.89. The molecular weight excluding hydrogens is 428 g/mol. The zero-order valence-corrected chi connectivity index (χ0v) is 18.7. The van der Waals surface area contributed by atoms with E-state index in [1.54, 1.807) is 29.9 Å². The molecule has 0 aliphatic heterocycles. The minimum Gasteiger partial charge on any atom is -0.462 e. The Bertz CT molecular complexity index is 1300. The number of nitrogens with zero attached hydrogens (tertiary/aromatic N) is 4. The first-order valence-corrected chi connectivity index (χ1v) is 11.2. The molecule has 0 aliphatic rings. The van der Waals surface area contributed by atoms with Gasteiger partial charge in [-0.1, -0.05) is 30.3 Å². The maximum Gasteiger partial charge on any atom is 0.348 e. The molecule has 0 fully saturated rings. The van der Waals surface area contributed by atoms with Crippen LogP contribution in [0.4, 0.5) is 0 Å². The normalized spacial score (nSPS) is 11.9. The van der Waals surface area contributed by atoms with Crippen LogP contribution in [0.2, 0.25) is 0 Å². The molecule has 0 saturated carbocycles. The summed E-state index contributed by atoms with van der Waals surface area (Å²) in [5.74, 6) is -0.739. The number of ether oxygens (including phenoxy) is 1. The highest BCUT2D eigenvalue weighted by Gasteiger charge is 2.20. The van der Waals surface area contributed by atoms with Crippen LogP contribution in [0.5, 0.6) is 0 Å². The van der Waals surface area contributed by atoms with Gasteiger partial charge in [-0.05, 0) is 37.3 Å². The summed E-state index contributed by atoms with van der Waals surface area (Å²) in [6, 6.07) is 17.5. The van der Waals surface area contributed by atoms with Crippen molar-refractivity contribution in [1.82, 2.24) is 14.1 Å². The first-order valence-electron chi connectivity index (χ1n) is 9.75. The maximum absolute atomic E-state index is 12.6. The minimum atomic E-state index is -3.66. The van der Waals surface area contributed by atoms with Crippen LogP contribution in [-0.2, 0) is 19.6 Å². The van der Waals surface area contributed by atoms with Crippen molar-refractivity contribution in [2.45, 2.75) is 11.8 Å². The van der Waals surface area contributed by atoms with E-state index >= 15 is 0 Å². The molecule has 9 heteroatoms. The number of sulfonamides is 1. The molecule has 32 heavy (non-hydrogen) atoms. The van der Waals surface area contributed by atoms with Crippen LogP contribution in [0.25, 0.3) is 23.0 Å². The zero-order valence-electron chi connectivity index (χ0n) is 17.9. The van der Waals surface area contributed by atoms with Gasteiger partial charge >= 0.3 is 5.97 Å². The largest absolute Gasteiger partial charge is 0.462 e. The Morgan fingerprint density at radius 1 is 1.19 bits per heavy atom. The van der Waals surface area contributed by atoms with Gasteiger partial charge in [-0.2, -0.15) is 10.4 Å². The van der Waals surface area contributed by atoms with Gasteiger partial charge in [0.1, 0.15) is 17.3 Å². The number of aromatic nitrogens is 2. The second-order valence-corrected chi connectivity index (χ2v) is 9.07. The van der Waals surface area contributed by atoms with Crippen LogP contribution in [0.1, 0.15) is 12.5 Å². The van der Waals surface area contributed by atoms with Gasteiger partial charge in [-0.15, -0.1) is 0 Å². The van der Waals surface area contributed by atoms with Gasteiger partial charge in [0.25, 0.3) is 0 Å². The number of carbonyl (C=O) groups is 1. The number of nitriles is 1. The average molecular weight is 451 g/mol. The van der Waals surface area contributed by atoms with Crippen molar-refractivity contribution in [2.75, 3.05) is 20.7 Å². The molecule has 0 radical (unpaired) electrons. The van der Waals surface area contributed by atoms with Gasteiger partial charge in [-0.3, -0.25) is 0 Å². The second kappa shape index (κ2) is 9.60. The van der Waals surface area contributed by atoms with Crippen LogP contribution in [0.15, 0.2) is 71.3 Å². The van der Waals surface area contributed by atoms with Gasteiger partial charge in [0, 0.05) is 31.4 Å². The lowest BCUT2D eigenvalue weighted by Crippen LogP contribution is -2.22. The molecule has 0 amide bonds. The molecule has 3 aromatic rings. The summed E-state index contributed by atoms with van der Waals surface area (Å²) in [4.78, 5) is 12.2. The van der Waals surface area contributed by atoms with E-state index in [9.17, 15) is 18.5 Å². The Morgan fingerprint density at radius 2 is 1.91 bits per heavy atom. The third-order valence-electron chi connectivity index (χ3n) is 4.56. The summed E-state index contributed by atoms with van der Waals surface area (Å²) in [7, 11) is -0.743. The van der Waals surface area contributed by atoms with Crippen LogP contribution in [0.3, 0.4) is 0 Å². The molecule has 0 bridgehead atoms. The third kappa shape index (κ3) is 4.77. The Kier molecular flexibility index (Phi) is 6.88. The molecule has 0 saturated heterocycles. The summed E-state index contributed by atoms with van der Waals surface area (Å²) in [6.45, 7) is 1.79. The van der Waals surface area contributed by atoms with E-state index in [4.69, 9.17) is 4.74 Å². The van der Waals surface area contributed by atoms with Crippen molar-refractivity contribution in [1.29, 1.82) is 5.26 Å². The van der Waals surface area contributed by atoms with E-state index in [0.29, 0.717) is 16.8 Å². The van der Waals surface area contributed by atoms with E-state index in [0.717, 1.165) is 9.99 Å².